The molecule has 0 spiro atoms. The molecule has 1 aromatic carbocycles. The largest absolute Gasteiger partial charge is 0.383 e. The summed E-state index contributed by atoms with van der Waals surface area (Å²) < 4.78 is 30.7. The molecule has 0 unspecified atom stereocenters. The lowest BCUT2D eigenvalue weighted by Crippen LogP contribution is -2.38. The second kappa shape index (κ2) is 7.23. The molecule has 0 heterocycles. The summed E-state index contributed by atoms with van der Waals surface area (Å²) in [6, 6.07) is 3.57. The van der Waals surface area contributed by atoms with Crippen LogP contribution in [0.15, 0.2) is 18.2 Å². The lowest BCUT2D eigenvalue weighted by atomic mass is 10.1. The average Bonchev–Trinajstić information content (AvgIpc) is 2.33. The first kappa shape index (κ1) is 14.8. The molecule has 2 N–H and O–H groups in total. The normalized spacial score (nSPS) is 12.0. The first-order chi connectivity index (χ1) is 8.54. The highest BCUT2D eigenvalue weighted by Crippen LogP contribution is 2.15. The van der Waals surface area contributed by atoms with Crippen molar-refractivity contribution in [1.29, 1.82) is 0 Å². The van der Waals surface area contributed by atoms with Crippen molar-refractivity contribution in [3.05, 3.63) is 35.4 Å². The van der Waals surface area contributed by atoms with Gasteiger partial charge in [-0.25, -0.2) is 8.78 Å². The van der Waals surface area contributed by atoms with Crippen molar-refractivity contribution in [2.75, 3.05) is 20.3 Å². The van der Waals surface area contributed by atoms with Gasteiger partial charge in [0.05, 0.1) is 12.6 Å². The Morgan fingerprint density at radius 3 is 2.72 bits per heavy atom. The van der Waals surface area contributed by atoms with Crippen LogP contribution in [-0.4, -0.2) is 25.4 Å². The topological polar surface area (TPSA) is 33.3 Å². The Morgan fingerprint density at radius 1 is 1.39 bits per heavy atom. The van der Waals surface area contributed by atoms with Crippen LogP contribution in [0, 0.1) is 11.6 Å². The Bertz CT molecular complexity index is 415. The number of nitrogens with one attached hydrogen (secondary N) is 2. The summed E-state index contributed by atoms with van der Waals surface area (Å²) in [5, 5.41) is 6.36. The van der Waals surface area contributed by atoms with Crippen LogP contribution in [0.5, 0.6) is 0 Å². The maximum Gasteiger partial charge on any atom is 0.166 e. The molecule has 0 bridgehead atoms. The van der Waals surface area contributed by atoms with Gasteiger partial charge in [0.15, 0.2) is 16.7 Å². The molecule has 0 aliphatic carbocycles. The lowest BCUT2D eigenvalue weighted by molar-refractivity contribution is 0.204. The Balaban J connectivity index is 2.51. The molecule has 3 nitrogen and oxygen atoms in total. The molecular formula is C12H16F2N2OS. The van der Waals surface area contributed by atoms with Crippen LogP contribution in [0.25, 0.3) is 0 Å². The zero-order chi connectivity index (χ0) is 13.5. The van der Waals surface area contributed by atoms with E-state index >= 15 is 0 Å². The molecule has 1 atom stereocenters. The van der Waals surface area contributed by atoms with Gasteiger partial charge in [-0.2, -0.15) is 0 Å². The van der Waals surface area contributed by atoms with Crippen LogP contribution in [0.2, 0.25) is 0 Å². The van der Waals surface area contributed by atoms with Crippen LogP contribution >= 0.6 is 12.2 Å². The SMILES string of the molecule is COCCNC(=S)N[C@H](C)c1ccc(F)c(F)c1. The molecule has 0 aliphatic rings. The summed E-state index contributed by atoms with van der Waals surface area (Å²) in [4.78, 5) is 0. The van der Waals surface area contributed by atoms with Gasteiger partial charge in [0, 0.05) is 13.7 Å². The molecule has 100 valence electrons. The quantitative estimate of drug-likeness (QED) is 0.636. The zero-order valence-electron chi connectivity index (χ0n) is 10.3. The van der Waals surface area contributed by atoms with Gasteiger partial charge in [-0.15, -0.1) is 0 Å². The van der Waals surface area contributed by atoms with Crippen molar-refractivity contribution in [2.45, 2.75) is 13.0 Å². The maximum absolute atomic E-state index is 13.1. The number of methoxy groups -OCH3 is 1. The Hall–Kier alpha value is -1.27. The van der Waals surface area contributed by atoms with Crippen LogP contribution < -0.4 is 10.6 Å². The number of hydrogen-bond donors (Lipinski definition) is 2. The van der Waals surface area contributed by atoms with Crippen molar-refractivity contribution in [1.82, 2.24) is 10.6 Å². The van der Waals surface area contributed by atoms with Crippen molar-refractivity contribution >= 4 is 17.3 Å². The molecule has 0 aliphatic heterocycles. The van der Waals surface area contributed by atoms with Gasteiger partial charge in [0.2, 0.25) is 0 Å². The number of rotatable bonds is 5. The third kappa shape index (κ3) is 4.54. The third-order valence-electron chi connectivity index (χ3n) is 2.38. The Morgan fingerprint density at radius 2 is 2.11 bits per heavy atom. The number of thiocarbonyl (C=S) groups is 1. The van der Waals surface area contributed by atoms with Gasteiger partial charge < -0.3 is 15.4 Å². The summed E-state index contributed by atoms with van der Waals surface area (Å²) in [5.41, 5.74) is 0.629. The van der Waals surface area contributed by atoms with Crippen LogP contribution in [0.4, 0.5) is 8.78 Å². The van der Waals surface area contributed by atoms with Gasteiger partial charge in [-0.1, -0.05) is 6.07 Å². The zero-order valence-corrected chi connectivity index (χ0v) is 11.1. The molecular weight excluding hydrogens is 258 g/mol. The number of ether oxygens (including phenoxy) is 1. The van der Waals surface area contributed by atoms with Crippen LogP contribution in [0.1, 0.15) is 18.5 Å². The second-order valence-electron chi connectivity index (χ2n) is 3.79. The minimum Gasteiger partial charge on any atom is -0.383 e. The van der Waals surface area contributed by atoms with E-state index in [0.717, 1.165) is 12.1 Å². The summed E-state index contributed by atoms with van der Waals surface area (Å²) in [6.45, 7) is 2.95. The van der Waals surface area contributed by atoms with E-state index in [9.17, 15) is 8.78 Å². The van der Waals surface area contributed by atoms with Crippen LogP contribution in [0.3, 0.4) is 0 Å². The average molecular weight is 274 g/mol. The van der Waals surface area contributed by atoms with Gasteiger partial charge in [-0.05, 0) is 36.8 Å². The minimum atomic E-state index is -0.862. The molecule has 6 heteroatoms. The van der Waals surface area contributed by atoms with E-state index in [1.54, 1.807) is 7.11 Å². The fourth-order valence-electron chi connectivity index (χ4n) is 1.38. The molecule has 0 aromatic heterocycles. The standard InChI is InChI=1S/C12H16F2N2OS/c1-8(16-12(18)15-5-6-17-2)9-3-4-10(13)11(14)7-9/h3-4,7-8H,5-6H2,1-2H3,(H2,15,16,18)/t8-/m1/s1. The molecule has 0 fully saturated rings. The highest BCUT2D eigenvalue weighted by molar-refractivity contribution is 7.80. The summed E-state index contributed by atoms with van der Waals surface area (Å²) >= 11 is 5.06. The van der Waals surface area contributed by atoms with Crippen molar-refractivity contribution in [3.8, 4) is 0 Å². The molecule has 18 heavy (non-hydrogen) atoms. The first-order valence-electron chi connectivity index (χ1n) is 5.53. The number of hydrogen-bond acceptors (Lipinski definition) is 2. The fourth-order valence-corrected chi connectivity index (χ4v) is 1.66. The van der Waals surface area contributed by atoms with E-state index in [0.29, 0.717) is 23.8 Å². The number of halogens is 2. The second-order valence-corrected chi connectivity index (χ2v) is 4.20. The Labute approximate surface area is 111 Å². The monoisotopic (exact) mass is 274 g/mol. The van der Waals surface area contributed by atoms with Gasteiger partial charge >= 0.3 is 0 Å². The first-order valence-corrected chi connectivity index (χ1v) is 5.93. The van der Waals surface area contributed by atoms with Gasteiger partial charge in [-0.3, -0.25) is 0 Å². The van der Waals surface area contributed by atoms with Crippen molar-refractivity contribution in [3.63, 3.8) is 0 Å². The van der Waals surface area contributed by atoms with E-state index in [-0.39, 0.29) is 6.04 Å². The maximum atomic E-state index is 13.1. The lowest BCUT2D eigenvalue weighted by Gasteiger charge is -2.17. The van der Waals surface area contributed by atoms with E-state index in [1.807, 2.05) is 6.92 Å². The Kier molecular flexibility index (Phi) is 5.94. The summed E-state index contributed by atoms with van der Waals surface area (Å²) in [7, 11) is 1.60. The molecule has 0 saturated carbocycles. The molecule has 1 aromatic rings. The summed E-state index contributed by atoms with van der Waals surface area (Å²) in [5.74, 6) is -1.72. The van der Waals surface area contributed by atoms with Crippen molar-refractivity contribution in [2.24, 2.45) is 0 Å². The summed E-state index contributed by atoms with van der Waals surface area (Å²) in [6.07, 6.45) is 0. The van der Waals surface area contributed by atoms with E-state index in [2.05, 4.69) is 10.6 Å². The number of benzene rings is 1. The van der Waals surface area contributed by atoms with Gasteiger partial charge in [0.25, 0.3) is 0 Å². The third-order valence-corrected chi connectivity index (χ3v) is 2.65. The highest BCUT2D eigenvalue weighted by Gasteiger charge is 2.09. The van der Waals surface area contributed by atoms with E-state index in [4.69, 9.17) is 17.0 Å². The molecule has 0 amide bonds. The van der Waals surface area contributed by atoms with E-state index in [1.165, 1.54) is 6.07 Å². The van der Waals surface area contributed by atoms with Crippen molar-refractivity contribution < 1.29 is 13.5 Å². The predicted octanol–water partition coefficient (Wildman–Crippen LogP) is 2.14. The molecule has 1 rings (SSSR count). The molecule has 0 saturated heterocycles. The van der Waals surface area contributed by atoms with Crippen LogP contribution in [-0.2, 0) is 4.74 Å². The highest BCUT2D eigenvalue weighted by atomic mass is 32.1. The van der Waals surface area contributed by atoms with Gasteiger partial charge in [0.1, 0.15) is 0 Å². The van der Waals surface area contributed by atoms with E-state index < -0.39 is 11.6 Å². The minimum absolute atomic E-state index is 0.206. The fraction of sp³-hybridized carbons (Fsp3) is 0.417. The molecule has 0 radical (unpaired) electrons. The smallest absolute Gasteiger partial charge is 0.166 e. The predicted molar refractivity (Wildman–Crippen MR) is 70.4 cm³/mol.